The topological polar surface area (TPSA) is 21.3 Å². The molecule has 18 heavy (non-hydrogen) atoms. The van der Waals surface area contributed by atoms with Crippen LogP contribution in [0.3, 0.4) is 0 Å². The lowest BCUT2D eigenvalue weighted by atomic mass is 10.0. The highest BCUT2D eigenvalue weighted by Gasteiger charge is 2.19. The van der Waals surface area contributed by atoms with Crippen molar-refractivity contribution in [3.05, 3.63) is 55.1 Å². The van der Waals surface area contributed by atoms with Crippen LogP contribution in [0.4, 0.5) is 5.69 Å². The van der Waals surface area contributed by atoms with E-state index in [0.29, 0.717) is 8.81 Å². The second-order valence-corrected chi connectivity index (χ2v) is 5.04. The second-order valence-electron chi connectivity index (χ2n) is 4.10. The Labute approximate surface area is 109 Å². The van der Waals surface area contributed by atoms with E-state index >= 15 is 0 Å². The molecule has 0 fully saturated rings. The van der Waals surface area contributed by atoms with Gasteiger partial charge in [-0.3, -0.25) is 0 Å². The van der Waals surface area contributed by atoms with Crippen LogP contribution in [0.1, 0.15) is 0 Å². The summed E-state index contributed by atoms with van der Waals surface area (Å²) in [5.74, 6) is 0.959. The summed E-state index contributed by atoms with van der Waals surface area (Å²) in [4.78, 5) is 0. The first kappa shape index (κ1) is 11.3. The van der Waals surface area contributed by atoms with Gasteiger partial charge in [-0.1, -0.05) is 36.4 Å². The zero-order valence-corrected chi connectivity index (χ0v) is 10.9. The van der Waals surface area contributed by atoms with Crippen LogP contribution in [0.15, 0.2) is 55.1 Å². The number of fused-ring (bicyclic) bond motifs is 3. The zero-order chi connectivity index (χ0) is 12.4. The molecule has 1 unspecified atom stereocenters. The van der Waals surface area contributed by atoms with E-state index in [-0.39, 0.29) is 0 Å². The summed E-state index contributed by atoms with van der Waals surface area (Å²) in [6.45, 7) is 4.49. The van der Waals surface area contributed by atoms with Crippen molar-refractivity contribution >= 4 is 19.8 Å². The third-order valence-electron chi connectivity index (χ3n) is 2.93. The highest BCUT2D eigenvalue weighted by atomic mass is 31.1. The Hall–Kier alpha value is -1.79. The Balaban J connectivity index is 2.14. The number of nitrogens with one attached hydrogen (secondary N) is 1. The molecular weight excluding hydrogens is 241 g/mol. The standard InChI is InChI=1S/C15H14NOP/c1-2-10-16-12-7-5-8-13-15(12)11-6-3-4-9-14(11)18-17-13/h2-9,16,18H,1,10H2. The predicted octanol–water partition coefficient (Wildman–Crippen LogP) is 3.56. The number of benzene rings is 2. The summed E-state index contributed by atoms with van der Waals surface area (Å²) in [6, 6.07) is 14.5. The van der Waals surface area contributed by atoms with Crippen LogP contribution in [-0.2, 0) is 0 Å². The van der Waals surface area contributed by atoms with Crippen molar-refractivity contribution in [2.45, 2.75) is 0 Å². The first-order valence-electron chi connectivity index (χ1n) is 5.90. The molecule has 0 aromatic heterocycles. The normalized spacial score (nSPS) is 13.3. The Kier molecular flexibility index (Phi) is 3.04. The molecule has 0 aliphatic carbocycles. The minimum atomic E-state index is 0.391. The minimum absolute atomic E-state index is 0.391. The van der Waals surface area contributed by atoms with Crippen LogP contribution in [0.2, 0.25) is 0 Å². The number of hydrogen-bond acceptors (Lipinski definition) is 2. The van der Waals surface area contributed by atoms with E-state index in [1.807, 2.05) is 18.2 Å². The molecule has 1 N–H and O–H groups in total. The fraction of sp³-hybridized carbons (Fsp3) is 0.0667. The smallest absolute Gasteiger partial charge is 0.133 e. The molecule has 1 aliphatic rings. The quantitative estimate of drug-likeness (QED) is 0.668. The highest BCUT2D eigenvalue weighted by molar-refractivity contribution is 7.43. The van der Waals surface area contributed by atoms with Gasteiger partial charge in [-0.25, -0.2) is 0 Å². The number of rotatable bonds is 3. The van der Waals surface area contributed by atoms with Crippen LogP contribution in [0.25, 0.3) is 11.1 Å². The van der Waals surface area contributed by atoms with E-state index in [9.17, 15) is 0 Å². The van der Waals surface area contributed by atoms with Crippen LogP contribution >= 0.6 is 8.81 Å². The van der Waals surface area contributed by atoms with Gasteiger partial charge < -0.3 is 9.84 Å². The molecule has 0 saturated heterocycles. The molecular formula is C15H14NOP. The summed E-state index contributed by atoms with van der Waals surface area (Å²) in [6.07, 6.45) is 1.86. The monoisotopic (exact) mass is 255 g/mol. The van der Waals surface area contributed by atoms with E-state index in [2.05, 4.69) is 42.2 Å². The largest absolute Gasteiger partial charge is 0.472 e. The third kappa shape index (κ3) is 1.89. The summed E-state index contributed by atoms with van der Waals surface area (Å²) in [5, 5.41) is 4.63. The van der Waals surface area contributed by atoms with E-state index < -0.39 is 0 Å². The number of anilines is 1. The fourth-order valence-corrected chi connectivity index (χ4v) is 3.00. The molecule has 1 heterocycles. The molecule has 1 atom stereocenters. The Morgan fingerprint density at radius 1 is 1.17 bits per heavy atom. The lowest BCUT2D eigenvalue weighted by Gasteiger charge is -2.23. The molecule has 0 spiro atoms. The summed E-state index contributed by atoms with van der Waals surface area (Å²) < 4.78 is 5.83. The molecule has 0 amide bonds. The van der Waals surface area contributed by atoms with E-state index in [4.69, 9.17) is 4.52 Å². The van der Waals surface area contributed by atoms with E-state index in [0.717, 1.165) is 23.5 Å². The van der Waals surface area contributed by atoms with Gasteiger partial charge in [0.15, 0.2) is 0 Å². The maximum absolute atomic E-state index is 5.83. The van der Waals surface area contributed by atoms with Gasteiger partial charge in [0.25, 0.3) is 0 Å². The Morgan fingerprint density at radius 3 is 2.94 bits per heavy atom. The molecule has 3 heteroatoms. The molecule has 0 radical (unpaired) electrons. The predicted molar refractivity (Wildman–Crippen MR) is 79.1 cm³/mol. The summed E-state index contributed by atoms with van der Waals surface area (Å²) in [7, 11) is 0.391. The molecule has 0 saturated carbocycles. The minimum Gasteiger partial charge on any atom is -0.472 e. The third-order valence-corrected chi connectivity index (χ3v) is 3.91. The van der Waals surface area contributed by atoms with Crippen molar-refractivity contribution in [3.63, 3.8) is 0 Å². The van der Waals surface area contributed by atoms with E-state index in [1.54, 1.807) is 0 Å². The van der Waals surface area contributed by atoms with E-state index in [1.165, 1.54) is 10.9 Å². The first-order valence-corrected chi connectivity index (χ1v) is 6.81. The molecule has 1 aliphatic heterocycles. The van der Waals surface area contributed by atoms with Crippen molar-refractivity contribution in [1.82, 2.24) is 0 Å². The molecule has 90 valence electrons. The van der Waals surface area contributed by atoms with Crippen LogP contribution in [0, 0.1) is 0 Å². The summed E-state index contributed by atoms with van der Waals surface area (Å²) >= 11 is 0. The lowest BCUT2D eigenvalue weighted by Crippen LogP contribution is -2.10. The van der Waals surface area contributed by atoms with Gasteiger partial charge in [0.1, 0.15) is 14.6 Å². The van der Waals surface area contributed by atoms with Gasteiger partial charge in [-0.05, 0) is 17.7 Å². The van der Waals surface area contributed by atoms with Crippen molar-refractivity contribution < 1.29 is 4.52 Å². The van der Waals surface area contributed by atoms with Crippen molar-refractivity contribution in [1.29, 1.82) is 0 Å². The van der Waals surface area contributed by atoms with Crippen LogP contribution < -0.4 is 15.1 Å². The maximum Gasteiger partial charge on any atom is 0.133 e. The fourth-order valence-electron chi connectivity index (χ4n) is 2.12. The van der Waals surface area contributed by atoms with Gasteiger partial charge in [0.05, 0.1) is 0 Å². The second kappa shape index (κ2) is 4.83. The van der Waals surface area contributed by atoms with Crippen LogP contribution in [-0.4, -0.2) is 6.54 Å². The molecule has 2 aromatic carbocycles. The van der Waals surface area contributed by atoms with Crippen molar-refractivity contribution in [2.24, 2.45) is 0 Å². The maximum atomic E-state index is 5.83. The molecule has 0 bridgehead atoms. The van der Waals surface area contributed by atoms with Crippen molar-refractivity contribution in [3.8, 4) is 16.9 Å². The highest BCUT2D eigenvalue weighted by Crippen LogP contribution is 2.43. The Bertz CT molecular complexity index is 595. The van der Waals surface area contributed by atoms with Crippen LogP contribution in [0.5, 0.6) is 5.75 Å². The van der Waals surface area contributed by atoms with Crippen molar-refractivity contribution in [2.75, 3.05) is 11.9 Å². The lowest BCUT2D eigenvalue weighted by molar-refractivity contribution is 0.638. The molecule has 2 nitrogen and oxygen atoms in total. The zero-order valence-electron chi connectivity index (χ0n) is 9.94. The first-order chi connectivity index (χ1) is 8.90. The molecule has 2 aromatic rings. The van der Waals surface area contributed by atoms with Gasteiger partial charge in [-0.2, -0.15) is 0 Å². The summed E-state index contributed by atoms with van der Waals surface area (Å²) in [5.41, 5.74) is 3.53. The average Bonchev–Trinajstić information content (AvgIpc) is 2.44. The average molecular weight is 255 g/mol. The number of hydrogen-bond donors (Lipinski definition) is 1. The van der Waals surface area contributed by atoms with Gasteiger partial charge in [0, 0.05) is 23.1 Å². The van der Waals surface area contributed by atoms with Gasteiger partial charge in [0.2, 0.25) is 0 Å². The Morgan fingerprint density at radius 2 is 2.06 bits per heavy atom. The molecule has 3 rings (SSSR count). The van der Waals surface area contributed by atoms with Gasteiger partial charge >= 0.3 is 0 Å². The van der Waals surface area contributed by atoms with Gasteiger partial charge in [-0.15, -0.1) is 6.58 Å². The SMILES string of the molecule is C=CCNc1cccc2c1-c1ccccc1PO2.